The Morgan fingerprint density at radius 2 is 1.88 bits per heavy atom. The first-order valence-electron chi connectivity index (χ1n) is 8.71. The standard InChI is InChI=1S/C19H24N2OS2/c22-19-11-21(16-12-23-7-8-24-13-16)10-15(19)9-14-5-6-20-18-4-2-1-3-17(14)18/h1-6,15-16,19,22H,7-13H2/t15-,19+/m1/s1. The summed E-state index contributed by atoms with van der Waals surface area (Å²) in [5.41, 5.74) is 2.37. The number of benzene rings is 1. The van der Waals surface area contributed by atoms with Crippen molar-refractivity contribution in [1.82, 2.24) is 9.88 Å². The van der Waals surface area contributed by atoms with Crippen LogP contribution in [0.15, 0.2) is 36.5 Å². The molecular formula is C19H24N2OS2. The third-order valence-electron chi connectivity index (χ3n) is 5.17. The van der Waals surface area contributed by atoms with Crippen molar-refractivity contribution < 1.29 is 5.11 Å². The molecule has 3 heterocycles. The summed E-state index contributed by atoms with van der Waals surface area (Å²) in [6.07, 6.45) is 2.62. The molecule has 2 saturated heterocycles. The summed E-state index contributed by atoms with van der Waals surface area (Å²) in [6.45, 7) is 1.85. The monoisotopic (exact) mass is 360 g/mol. The van der Waals surface area contributed by atoms with Crippen LogP contribution in [-0.4, -0.2) is 63.2 Å². The molecule has 0 radical (unpaired) electrons. The molecule has 4 rings (SSSR count). The maximum Gasteiger partial charge on any atom is 0.0710 e. The number of aromatic nitrogens is 1. The van der Waals surface area contributed by atoms with Crippen molar-refractivity contribution in [3.8, 4) is 0 Å². The lowest BCUT2D eigenvalue weighted by atomic mass is 9.94. The molecule has 0 spiro atoms. The van der Waals surface area contributed by atoms with Gasteiger partial charge in [0.25, 0.3) is 0 Å². The van der Waals surface area contributed by atoms with E-state index in [2.05, 4.69) is 57.7 Å². The highest BCUT2D eigenvalue weighted by Gasteiger charge is 2.35. The van der Waals surface area contributed by atoms with Crippen LogP contribution >= 0.6 is 23.5 Å². The number of rotatable bonds is 3. The zero-order chi connectivity index (χ0) is 16.4. The molecule has 128 valence electrons. The van der Waals surface area contributed by atoms with Gasteiger partial charge in [-0.15, -0.1) is 0 Å². The van der Waals surface area contributed by atoms with Crippen LogP contribution in [0.25, 0.3) is 10.9 Å². The first-order chi connectivity index (χ1) is 11.8. The summed E-state index contributed by atoms with van der Waals surface area (Å²) in [6, 6.07) is 11.1. The van der Waals surface area contributed by atoms with Gasteiger partial charge in [-0.25, -0.2) is 0 Å². The predicted molar refractivity (Wildman–Crippen MR) is 105 cm³/mol. The molecule has 1 aromatic heterocycles. The van der Waals surface area contributed by atoms with E-state index in [1.165, 1.54) is 34.0 Å². The van der Waals surface area contributed by atoms with E-state index in [9.17, 15) is 5.11 Å². The number of pyridine rings is 1. The molecule has 2 atom stereocenters. The normalized spacial score (nSPS) is 26.7. The fourth-order valence-corrected chi connectivity index (χ4v) is 6.44. The Bertz CT molecular complexity index is 683. The number of likely N-dealkylation sites (tertiary alicyclic amines) is 1. The van der Waals surface area contributed by atoms with Crippen LogP contribution in [0.3, 0.4) is 0 Å². The number of para-hydroxylation sites is 1. The Balaban J connectivity index is 1.48. The van der Waals surface area contributed by atoms with Crippen LogP contribution in [0.1, 0.15) is 5.56 Å². The summed E-state index contributed by atoms with van der Waals surface area (Å²) in [5, 5.41) is 11.9. The van der Waals surface area contributed by atoms with E-state index in [0.29, 0.717) is 12.0 Å². The first-order valence-corrected chi connectivity index (χ1v) is 11.0. The quantitative estimate of drug-likeness (QED) is 0.911. The van der Waals surface area contributed by atoms with E-state index in [1.807, 2.05) is 12.3 Å². The fraction of sp³-hybridized carbons (Fsp3) is 0.526. The number of nitrogens with zero attached hydrogens (tertiary/aromatic N) is 2. The maximum absolute atomic E-state index is 10.6. The van der Waals surface area contributed by atoms with Crippen LogP contribution in [0.2, 0.25) is 0 Å². The van der Waals surface area contributed by atoms with Gasteiger partial charge in [-0.05, 0) is 24.1 Å². The maximum atomic E-state index is 10.6. The SMILES string of the molecule is O[C@H]1CN(C2CSCCSC2)C[C@H]1Cc1ccnc2ccccc12. The van der Waals surface area contributed by atoms with Gasteiger partial charge in [-0.2, -0.15) is 23.5 Å². The number of thioether (sulfide) groups is 2. The molecule has 24 heavy (non-hydrogen) atoms. The van der Waals surface area contributed by atoms with E-state index in [0.717, 1.165) is 25.0 Å². The summed E-state index contributed by atoms with van der Waals surface area (Å²) < 4.78 is 0. The minimum atomic E-state index is -0.213. The van der Waals surface area contributed by atoms with Gasteiger partial charge in [0.05, 0.1) is 11.6 Å². The second-order valence-electron chi connectivity index (χ2n) is 6.78. The molecular weight excluding hydrogens is 336 g/mol. The molecule has 0 amide bonds. The Morgan fingerprint density at radius 3 is 2.71 bits per heavy atom. The zero-order valence-corrected chi connectivity index (χ0v) is 15.4. The molecule has 0 unspecified atom stereocenters. The second kappa shape index (κ2) is 7.65. The lowest BCUT2D eigenvalue weighted by molar-refractivity contribution is 0.139. The first kappa shape index (κ1) is 16.7. The van der Waals surface area contributed by atoms with Gasteiger partial charge >= 0.3 is 0 Å². The van der Waals surface area contributed by atoms with Crippen molar-refractivity contribution in [3.05, 3.63) is 42.1 Å². The van der Waals surface area contributed by atoms with Crippen molar-refractivity contribution in [2.24, 2.45) is 5.92 Å². The van der Waals surface area contributed by atoms with Crippen molar-refractivity contribution in [2.75, 3.05) is 36.1 Å². The summed E-state index contributed by atoms with van der Waals surface area (Å²) >= 11 is 4.13. The van der Waals surface area contributed by atoms with E-state index >= 15 is 0 Å². The molecule has 0 aliphatic carbocycles. The third-order valence-corrected chi connectivity index (χ3v) is 7.65. The fourth-order valence-electron chi connectivity index (χ4n) is 3.82. The lowest BCUT2D eigenvalue weighted by Gasteiger charge is -2.25. The van der Waals surface area contributed by atoms with Gasteiger partial charge in [0.1, 0.15) is 0 Å². The van der Waals surface area contributed by atoms with Crippen LogP contribution in [-0.2, 0) is 6.42 Å². The minimum absolute atomic E-state index is 0.213. The highest BCUT2D eigenvalue weighted by atomic mass is 32.2. The zero-order valence-electron chi connectivity index (χ0n) is 13.8. The molecule has 2 aliphatic heterocycles. The number of aliphatic hydroxyl groups is 1. The van der Waals surface area contributed by atoms with Crippen molar-refractivity contribution >= 4 is 34.4 Å². The Labute approximate surface area is 152 Å². The largest absolute Gasteiger partial charge is 0.391 e. The molecule has 1 aromatic carbocycles. The molecule has 2 aliphatic rings. The molecule has 2 aromatic rings. The van der Waals surface area contributed by atoms with E-state index in [4.69, 9.17) is 0 Å². The summed E-state index contributed by atoms with van der Waals surface area (Å²) in [4.78, 5) is 6.99. The molecule has 3 nitrogen and oxygen atoms in total. The summed E-state index contributed by atoms with van der Waals surface area (Å²) in [5.74, 6) is 5.29. The van der Waals surface area contributed by atoms with Gasteiger partial charge in [0, 0.05) is 59.6 Å². The summed E-state index contributed by atoms with van der Waals surface area (Å²) in [7, 11) is 0. The van der Waals surface area contributed by atoms with E-state index in [1.54, 1.807) is 0 Å². The predicted octanol–water partition coefficient (Wildman–Crippen LogP) is 2.92. The average molecular weight is 361 g/mol. The van der Waals surface area contributed by atoms with Crippen LogP contribution < -0.4 is 0 Å². The Kier molecular flexibility index (Phi) is 5.32. The second-order valence-corrected chi connectivity index (χ2v) is 9.08. The van der Waals surface area contributed by atoms with E-state index in [-0.39, 0.29) is 6.10 Å². The van der Waals surface area contributed by atoms with Crippen molar-refractivity contribution in [1.29, 1.82) is 0 Å². The van der Waals surface area contributed by atoms with Gasteiger partial charge in [-0.3, -0.25) is 9.88 Å². The highest BCUT2D eigenvalue weighted by molar-refractivity contribution is 8.03. The molecule has 2 fully saturated rings. The Morgan fingerprint density at radius 1 is 1.08 bits per heavy atom. The molecule has 5 heteroatoms. The average Bonchev–Trinajstić information content (AvgIpc) is 2.82. The van der Waals surface area contributed by atoms with Crippen LogP contribution in [0, 0.1) is 5.92 Å². The number of hydrogen-bond acceptors (Lipinski definition) is 5. The topological polar surface area (TPSA) is 36.4 Å². The van der Waals surface area contributed by atoms with Crippen molar-refractivity contribution in [2.45, 2.75) is 18.6 Å². The number of hydrogen-bond donors (Lipinski definition) is 1. The van der Waals surface area contributed by atoms with Gasteiger partial charge in [0.15, 0.2) is 0 Å². The smallest absolute Gasteiger partial charge is 0.0710 e. The number of aliphatic hydroxyl groups excluding tert-OH is 1. The van der Waals surface area contributed by atoms with Crippen molar-refractivity contribution in [3.63, 3.8) is 0 Å². The third kappa shape index (κ3) is 3.59. The Hall–Kier alpha value is -0.750. The van der Waals surface area contributed by atoms with Gasteiger partial charge in [-0.1, -0.05) is 18.2 Å². The number of β-amino-alcohol motifs (C(OH)–C–C–N with tert-alkyl or cyclic N) is 1. The minimum Gasteiger partial charge on any atom is -0.391 e. The molecule has 0 bridgehead atoms. The lowest BCUT2D eigenvalue weighted by Crippen LogP contribution is -2.37. The number of fused-ring (bicyclic) bond motifs is 1. The molecule has 0 saturated carbocycles. The van der Waals surface area contributed by atoms with Gasteiger partial charge in [0.2, 0.25) is 0 Å². The van der Waals surface area contributed by atoms with E-state index < -0.39 is 0 Å². The van der Waals surface area contributed by atoms with Gasteiger partial charge < -0.3 is 5.11 Å². The van der Waals surface area contributed by atoms with Crippen LogP contribution in [0.4, 0.5) is 0 Å². The highest BCUT2D eigenvalue weighted by Crippen LogP contribution is 2.29. The molecule has 1 N–H and O–H groups in total. The van der Waals surface area contributed by atoms with Crippen LogP contribution in [0.5, 0.6) is 0 Å².